The molecule has 3 heterocycles. The van der Waals surface area contributed by atoms with Crippen LogP contribution in [-0.4, -0.2) is 48.1 Å². The lowest BCUT2D eigenvalue weighted by Gasteiger charge is -2.33. The number of piperidine rings is 1. The van der Waals surface area contributed by atoms with E-state index in [0.717, 1.165) is 57.2 Å². The number of nitrogens with zero attached hydrogens (tertiary/aromatic N) is 3. The van der Waals surface area contributed by atoms with Crippen molar-refractivity contribution in [3.63, 3.8) is 0 Å². The summed E-state index contributed by atoms with van der Waals surface area (Å²) in [6.45, 7) is 10.0. The number of H-pyrrole nitrogens is 1. The largest absolute Gasteiger partial charge is 0.361 e. The number of nitrogens with one attached hydrogen (secondary N) is 3. The van der Waals surface area contributed by atoms with Gasteiger partial charge in [-0.05, 0) is 62.8 Å². The van der Waals surface area contributed by atoms with Crippen LogP contribution >= 0.6 is 0 Å². The standard InChI is InChI=1S/C25H34N6/c1-4-26-25(27-13-10-20-17-29-24-19(3)6-5-7-22(20)24)30-21-11-14-31(15-12-21)23-9-8-18(2)16-28-23/h5-9,16-17,21,29H,4,10-15H2,1-3H3,(H2,26,27,30). The third kappa shape index (κ3) is 5.19. The number of aromatic nitrogens is 2. The van der Waals surface area contributed by atoms with Crippen molar-refractivity contribution in [3.05, 3.63) is 59.4 Å². The Morgan fingerprint density at radius 3 is 2.77 bits per heavy atom. The fourth-order valence-corrected chi connectivity index (χ4v) is 4.27. The monoisotopic (exact) mass is 418 g/mol. The molecular weight excluding hydrogens is 384 g/mol. The average Bonchev–Trinajstić information content (AvgIpc) is 3.19. The zero-order chi connectivity index (χ0) is 21.6. The van der Waals surface area contributed by atoms with Gasteiger partial charge in [-0.15, -0.1) is 0 Å². The molecule has 0 saturated carbocycles. The first-order valence-corrected chi connectivity index (χ1v) is 11.4. The number of rotatable bonds is 6. The summed E-state index contributed by atoms with van der Waals surface area (Å²) in [5, 5.41) is 8.37. The van der Waals surface area contributed by atoms with E-state index in [9.17, 15) is 0 Å². The van der Waals surface area contributed by atoms with Gasteiger partial charge in [0.15, 0.2) is 5.96 Å². The zero-order valence-electron chi connectivity index (χ0n) is 18.9. The number of aryl methyl sites for hydroxylation is 2. The molecule has 0 radical (unpaired) electrons. The number of anilines is 1. The number of fused-ring (bicyclic) bond motifs is 1. The van der Waals surface area contributed by atoms with Crippen LogP contribution in [-0.2, 0) is 6.42 Å². The highest BCUT2D eigenvalue weighted by Gasteiger charge is 2.20. The highest BCUT2D eigenvalue weighted by Crippen LogP contribution is 2.21. The molecule has 6 heteroatoms. The predicted molar refractivity (Wildman–Crippen MR) is 130 cm³/mol. The Bertz CT molecular complexity index is 1010. The van der Waals surface area contributed by atoms with E-state index in [1.165, 1.54) is 27.6 Å². The van der Waals surface area contributed by atoms with Crippen LogP contribution < -0.4 is 15.5 Å². The first kappa shape index (κ1) is 21.2. The molecule has 4 rings (SSSR count). The minimum Gasteiger partial charge on any atom is -0.361 e. The van der Waals surface area contributed by atoms with E-state index in [1.54, 1.807) is 0 Å². The second-order valence-electron chi connectivity index (χ2n) is 8.42. The molecule has 6 nitrogen and oxygen atoms in total. The SMILES string of the molecule is CCNC(=NCCc1c[nH]c2c(C)cccc12)NC1CCN(c2ccc(C)cn2)CC1. The summed E-state index contributed by atoms with van der Waals surface area (Å²) in [7, 11) is 0. The molecule has 0 aliphatic carbocycles. The third-order valence-electron chi connectivity index (χ3n) is 6.06. The van der Waals surface area contributed by atoms with Crippen molar-refractivity contribution < 1.29 is 0 Å². The number of benzene rings is 1. The Morgan fingerprint density at radius 2 is 2.03 bits per heavy atom. The van der Waals surface area contributed by atoms with E-state index in [1.807, 2.05) is 6.20 Å². The number of pyridine rings is 1. The maximum absolute atomic E-state index is 4.85. The normalized spacial score (nSPS) is 15.5. The summed E-state index contributed by atoms with van der Waals surface area (Å²) in [5.41, 5.74) is 5.06. The predicted octanol–water partition coefficient (Wildman–Crippen LogP) is 3.95. The molecule has 0 amide bonds. The van der Waals surface area contributed by atoms with Gasteiger partial charge in [-0.3, -0.25) is 4.99 Å². The van der Waals surface area contributed by atoms with Crippen LogP contribution in [0.2, 0.25) is 0 Å². The lowest BCUT2D eigenvalue weighted by Crippen LogP contribution is -2.49. The summed E-state index contributed by atoms with van der Waals surface area (Å²) in [6, 6.07) is 11.2. The van der Waals surface area contributed by atoms with Crippen LogP contribution in [0.3, 0.4) is 0 Å². The summed E-state index contributed by atoms with van der Waals surface area (Å²) in [6.07, 6.45) is 7.17. The second-order valence-corrected chi connectivity index (χ2v) is 8.42. The quantitative estimate of drug-likeness (QED) is 0.419. The van der Waals surface area contributed by atoms with Crippen molar-refractivity contribution in [2.24, 2.45) is 4.99 Å². The minimum atomic E-state index is 0.440. The van der Waals surface area contributed by atoms with Crippen LogP contribution in [0.1, 0.15) is 36.5 Å². The van der Waals surface area contributed by atoms with Crippen molar-refractivity contribution in [2.45, 2.75) is 46.1 Å². The highest BCUT2D eigenvalue weighted by atomic mass is 15.2. The lowest BCUT2D eigenvalue weighted by molar-refractivity contribution is 0.459. The Morgan fingerprint density at radius 1 is 1.19 bits per heavy atom. The average molecular weight is 419 g/mol. The molecule has 0 unspecified atom stereocenters. The second kappa shape index (κ2) is 9.86. The zero-order valence-corrected chi connectivity index (χ0v) is 18.9. The van der Waals surface area contributed by atoms with Crippen molar-refractivity contribution in [1.82, 2.24) is 20.6 Å². The van der Waals surface area contributed by atoms with Gasteiger partial charge in [-0.1, -0.05) is 24.3 Å². The van der Waals surface area contributed by atoms with Crippen LogP contribution in [0.15, 0.2) is 47.7 Å². The van der Waals surface area contributed by atoms with E-state index >= 15 is 0 Å². The minimum absolute atomic E-state index is 0.440. The van der Waals surface area contributed by atoms with Crippen molar-refractivity contribution >= 4 is 22.7 Å². The van der Waals surface area contributed by atoms with Gasteiger partial charge in [-0.2, -0.15) is 0 Å². The van der Waals surface area contributed by atoms with Gasteiger partial charge in [0.25, 0.3) is 0 Å². The molecular formula is C25H34N6. The van der Waals surface area contributed by atoms with E-state index in [4.69, 9.17) is 4.99 Å². The number of para-hydroxylation sites is 1. The highest BCUT2D eigenvalue weighted by molar-refractivity contribution is 5.86. The van der Waals surface area contributed by atoms with Crippen LogP contribution in [0.25, 0.3) is 10.9 Å². The Balaban J connectivity index is 1.32. The fourth-order valence-electron chi connectivity index (χ4n) is 4.27. The van der Waals surface area contributed by atoms with Crippen molar-refractivity contribution in [1.29, 1.82) is 0 Å². The fraction of sp³-hybridized carbons (Fsp3) is 0.440. The van der Waals surface area contributed by atoms with E-state index < -0.39 is 0 Å². The molecule has 1 aliphatic heterocycles. The molecule has 31 heavy (non-hydrogen) atoms. The van der Waals surface area contributed by atoms with Crippen molar-refractivity contribution in [2.75, 3.05) is 31.1 Å². The molecule has 0 bridgehead atoms. The van der Waals surface area contributed by atoms with Crippen molar-refractivity contribution in [3.8, 4) is 0 Å². The summed E-state index contributed by atoms with van der Waals surface area (Å²) >= 11 is 0. The third-order valence-corrected chi connectivity index (χ3v) is 6.06. The van der Waals surface area contributed by atoms with Crippen LogP contribution in [0.4, 0.5) is 5.82 Å². The van der Waals surface area contributed by atoms with Gasteiger partial charge in [0.1, 0.15) is 5.82 Å². The number of aromatic amines is 1. The molecule has 164 valence electrons. The van der Waals surface area contributed by atoms with Gasteiger partial charge >= 0.3 is 0 Å². The number of aliphatic imine (C=N–C) groups is 1. The van der Waals surface area contributed by atoms with E-state index in [2.05, 4.69) is 82.8 Å². The maximum Gasteiger partial charge on any atom is 0.191 e. The van der Waals surface area contributed by atoms with Gasteiger partial charge < -0.3 is 20.5 Å². The number of hydrogen-bond donors (Lipinski definition) is 3. The van der Waals surface area contributed by atoms with Gasteiger partial charge in [0.05, 0.1) is 0 Å². The molecule has 1 fully saturated rings. The van der Waals surface area contributed by atoms with Crippen LogP contribution in [0, 0.1) is 13.8 Å². The summed E-state index contributed by atoms with van der Waals surface area (Å²) in [5.74, 6) is 2.00. The number of guanidine groups is 1. The topological polar surface area (TPSA) is 68.3 Å². The molecule has 0 spiro atoms. The molecule has 0 atom stereocenters. The molecule has 1 aliphatic rings. The number of hydrogen-bond acceptors (Lipinski definition) is 3. The Kier molecular flexibility index (Phi) is 6.75. The molecule has 1 saturated heterocycles. The molecule has 2 aromatic heterocycles. The van der Waals surface area contributed by atoms with Gasteiger partial charge in [-0.25, -0.2) is 4.98 Å². The summed E-state index contributed by atoms with van der Waals surface area (Å²) in [4.78, 5) is 15.2. The first-order valence-electron chi connectivity index (χ1n) is 11.4. The molecule has 3 aromatic rings. The molecule has 1 aromatic carbocycles. The molecule has 3 N–H and O–H groups in total. The van der Waals surface area contributed by atoms with E-state index in [0.29, 0.717) is 6.04 Å². The van der Waals surface area contributed by atoms with Crippen LogP contribution in [0.5, 0.6) is 0 Å². The van der Waals surface area contributed by atoms with Gasteiger partial charge in [0, 0.05) is 55.5 Å². The van der Waals surface area contributed by atoms with Gasteiger partial charge in [0.2, 0.25) is 0 Å². The Hall–Kier alpha value is -3.02. The maximum atomic E-state index is 4.85. The first-order chi connectivity index (χ1) is 15.1. The smallest absolute Gasteiger partial charge is 0.191 e. The Labute approximate surface area is 185 Å². The lowest BCUT2D eigenvalue weighted by atomic mass is 10.1. The van der Waals surface area contributed by atoms with E-state index in [-0.39, 0.29) is 0 Å². The summed E-state index contributed by atoms with van der Waals surface area (Å²) < 4.78 is 0.